The molecule has 22 heavy (non-hydrogen) atoms. The van der Waals surface area contributed by atoms with Gasteiger partial charge in [-0.1, -0.05) is 25.5 Å². The van der Waals surface area contributed by atoms with Gasteiger partial charge in [-0.2, -0.15) is 0 Å². The molecule has 1 aromatic heterocycles. The number of benzene rings is 1. The quantitative estimate of drug-likeness (QED) is 0.704. The van der Waals surface area contributed by atoms with Crippen LogP contribution in [0.3, 0.4) is 0 Å². The van der Waals surface area contributed by atoms with Gasteiger partial charge in [-0.25, -0.2) is 0 Å². The van der Waals surface area contributed by atoms with E-state index >= 15 is 0 Å². The highest BCUT2D eigenvalue weighted by molar-refractivity contribution is 5.79. The molecule has 0 N–H and O–H groups in total. The van der Waals surface area contributed by atoms with Crippen LogP contribution in [0.25, 0.3) is 0 Å². The van der Waals surface area contributed by atoms with Crippen molar-refractivity contribution in [2.24, 2.45) is 4.99 Å². The molecule has 1 aliphatic heterocycles. The van der Waals surface area contributed by atoms with Crippen LogP contribution in [0.4, 0.5) is 11.6 Å². The Morgan fingerprint density at radius 2 is 1.86 bits per heavy atom. The zero-order chi connectivity index (χ0) is 15.2. The molecule has 0 aliphatic carbocycles. The Kier molecular flexibility index (Phi) is 4.94. The molecule has 1 aromatic carbocycles. The average molecular weight is 296 g/mol. The predicted molar refractivity (Wildman–Crippen MR) is 92.5 cm³/mol. The summed E-state index contributed by atoms with van der Waals surface area (Å²) in [5, 5.41) is 0. The lowest BCUT2D eigenvalue weighted by molar-refractivity contribution is 0.550. The third kappa shape index (κ3) is 3.79. The fraction of sp³-hybridized carbons (Fsp3) is 0.421. The van der Waals surface area contributed by atoms with Crippen LogP contribution >= 0.6 is 0 Å². The summed E-state index contributed by atoms with van der Waals surface area (Å²) in [4.78, 5) is 6.79. The lowest BCUT2D eigenvalue weighted by Gasteiger charge is -2.12. The highest BCUT2D eigenvalue weighted by atomic mass is 16.4. The van der Waals surface area contributed by atoms with E-state index in [4.69, 9.17) is 4.42 Å². The van der Waals surface area contributed by atoms with E-state index in [0.717, 1.165) is 36.8 Å². The number of nitrogens with zero attached hydrogens (tertiary/aromatic N) is 2. The second-order valence-electron chi connectivity index (χ2n) is 5.90. The normalized spacial score (nSPS) is 15.0. The Morgan fingerprint density at radius 3 is 2.59 bits per heavy atom. The highest BCUT2D eigenvalue weighted by Gasteiger charge is 2.14. The van der Waals surface area contributed by atoms with Gasteiger partial charge in [0.25, 0.3) is 0 Å². The molecule has 2 aromatic rings. The van der Waals surface area contributed by atoms with E-state index in [2.05, 4.69) is 41.1 Å². The molecule has 0 amide bonds. The van der Waals surface area contributed by atoms with Gasteiger partial charge in [-0.15, -0.1) is 0 Å². The zero-order valence-electron chi connectivity index (χ0n) is 13.3. The van der Waals surface area contributed by atoms with E-state index < -0.39 is 0 Å². The van der Waals surface area contributed by atoms with Crippen LogP contribution in [0.15, 0.2) is 45.8 Å². The first-order chi connectivity index (χ1) is 10.8. The average Bonchev–Trinajstić information content (AvgIpc) is 3.23. The van der Waals surface area contributed by atoms with Gasteiger partial charge in [-0.3, -0.25) is 4.99 Å². The second kappa shape index (κ2) is 7.30. The van der Waals surface area contributed by atoms with Gasteiger partial charge in [0, 0.05) is 19.2 Å². The first-order valence-corrected chi connectivity index (χ1v) is 8.33. The summed E-state index contributed by atoms with van der Waals surface area (Å²) in [7, 11) is 0. The number of aliphatic imine (C=N–C) groups is 1. The molecular formula is C19H24N2O. The molecule has 3 nitrogen and oxygen atoms in total. The minimum Gasteiger partial charge on any atom is -0.440 e. The van der Waals surface area contributed by atoms with E-state index in [-0.39, 0.29) is 0 Å². The Morgan fingerprint density at radius 1 is 1.09 bits per heavy atom. The molecular weight excluding hydrogens is 272 g/mol. The van der Waals surface area contributed by atoms with Crippen molar-refractivity contribution in [2.75, 3.05) is 18.0 Å². The summed E-state index contributed by atoms with van der Waals surface area (Å²) in [5.41, 5.74) is 2.36. The molecule has 0 unspecified atom stereocenters. The Hall–Kier alpha value is -2.03. The van der Waals surface area contributed by atoms with Crippen LogP contribution in [0.5, 0.6) is 0 Å². The molecule has 2 heterocycles. The van der Waals surface area contributed by atoms with Crippen LogP contribution in [0, 0.1) is 0 Å². The summed E-state index contributed by atoms with van der Waals surface area (Å²) in [5.74, 6) is 1.78. The number of hydrogen-bond acceptors (Lipinski definition) is 3. The van der Waals surface area contributed by atoms with Crippen LogP contribution in [0.1, 0.15) is 43.9 Å². The van der Waals surface area contributed by atoms with Crippen LogP contribution in [-0.4, -0.2) is 19.3 Å². The molecule has 1 aliphatic rings. The Labute approximate surface area is 132 Å². The minimum atomic E-state index is 0.817. The molecule has 3 heteroatoms. The largest absolute Gasteiger partial charge is 0.440 e. The van der Waals surface area contributed by atoms with Gasteiger partial charge in [0.05, 0.1) is 11.9 Å². The maximum atomic E-state index is 5.84. The van der Waals surface area contributed by atoms with Crippen molar-refractivity contribution in [3.8, 4) is 0 Å². The SMILES string of the molecule is CCCCc1ccc(N=Cc2ccc(N3CCCC3)o2)cc1. The van der Waals surface area contributed by atoms with Gasteiger partial charge in [0.15, 0.2) is 5.88 Å². The number of furan rings is 1. The van der Waals surface area contributed by atoms with Crippen molar-refractivity contribution in [3.63, 3.8) is 0 Å². The van der Waals surface area contributed by atoms with Crippen molar-refractivity contribution < 1.29 is 4.42 Å². The van der Waals surface area contributed by atoms with Gasteiger partial charge < -0.3 is 9.32 Å². The van der Waals surface area contributed by atoms with Crippen LogP contribution in [-0.2, 0) is 6.42 Å². The van der Waals surface area contributed by atoms with Gasteiger partial charge in [-0.05, 0) is 49.4 Å². The fourth-order valence-electron chi connectivity index (χ4n) is 2.79. The lowest BCUT2D eigenvalue weighted by atomic mass is 10.1. The van der Waals surface area contributed by atoms with E-state index in [0.29, 0.717) is 0 Å². The van der Waals surface area contributed by atoms with Gasteiger partial charge >= 0.3 is 0 Å². The second-order valence-corrected chi connectivity index (χ2v) is 5.90. The summed E-state index contributed by atoms with van der Waals surface area (Å²) in [6.45, 7) is 4.42. The smallest absolute Gasteiger partial charge is 0.196 e. The standard InChI is InChI=1S/C19H24N2O/c1-2-3-6-16-7-9-17(10-8-16)20-15-18-11-12-19(22-18)21-13-4-5-14-21/h7-12,15H,2-6,13-14H2,1H3. The molecule has 116 valence electrons. The van der Waals surface area contributed by atoms with Crippen LogP contribution in [0.2, 0.25) is 0 Å². The number of aryl methyl sites for hydroxylation is 1. The molecule has 0 saturated carbocycles. The fourth-order valence-corrected chi connectivity index (χ4v) is 2.79. The topological polar surface area (TPSA) is 28.7 Å². The number of anilines is 1. The summed E-state index contributed by atoms with van der Waals surface area (Å²) in [6, 6.07) is 12.5. The Bertz CT molecular complexity index is 607. The van der Waals surface area contributed by atoms with E-state index in [1.54, 1.807) is 6.21 Å². The van der Waals surface area contributed by atoms with Crippen molar-refractivity contribution in [1.82, 2.24) is 0 Å². The molecule has 0 spiro atoms. The number of unbranched alkanes of at least 4 members (excludes halogenated alkanes) is 1. The Balaban J connectivity index is 1.61. The molecule has 3 rings (SSSR count). The third-order valence-electron chi connectivity index (χ3n) is 4.13. The first kappa shape index (κ1) is 14.9. The van der Waals surface area contributed by atoms with Crippen molar-refractivity contribution >= 4 is 17.8 Å². The lowest BCUT2D eigenvalue weighted by Crippen LogP contribution is -2.16. The monoisotopic (exact) mass is 296 g/mol. The number of hydrogen-bond donors (Lipinski definition) is 0. The number of rotatable bonds is 6. The highest BCUT2D eigenvalue weighted by Crippen LogP contribution is 2.22. The van der Waals surface area contributed by atoms with Gasteiger partial charge in [0.1, 0.15) is 5.76 Å². The predicted octanol–water partition coefficient (Wildman–Crippen LogP) is 4.97. The summed E-state index contributed by atoms with van der Waals surface area (Å²) >= 11 is 0. The zero-order valence-corrected chi connectivity index (χ0v) is 13.3. The van der Waals surface area contributed by atoms with E-state index in [1.165, 1.54) is 31.2 Å². The summed E-state index contributed by atoms with van der Waals surface area (Å²) < 4.78 is 5.84. The van der Waals surface area contributed by atoms with Crippen LogP contribution < -0.4 is 4.90 Å². The van der Waals surface area contributed by atoms with Crippen molar-refractivity contribution in [1.29, 1.82) is 0 Å². The summed E-state index contributed by atoms with van der Waals surface area (Å²) in [6.07, 6.45) is 7.95. The molecule has 0 atom stereocenters. The van der Waals surface area contributed by atoms with Crippen molar-refractivity contribution in [2.45, 2.75) is 39.0 Å². The molecule has 0 radical (unpaired) electrons. The van der Waals surface area contributed by atoms with E-state index in [9.17, 15) is 0 Å². The first-order valence-electron chi connectivity index (χ1n) is 8.33. The minimum absolute atomic E-state index is 0.817. The maximum Gasteiger partial charge on any atom is 0.196 e. The van der Waals surface area contributed by atoms with Gasteiger partial charge in [0.2, 0.25) is 0 Å². The van der Waals surface area contributed by atoms with E-state index in [1.807, 2.05) is 12.1 Å². The molecule has 0 bridgehead atoms. The molecule has 1 saturated heterocycles. The maximum absolute atomic E-state index is 5.84. The molecule has 1 fully saturated rings. The van der Waals surface area contributed by atoms with Crippen molar-refractivity contribution in [3.05, 3.63) is 47.7 Å². The third-order valence-corrected chi connectivity index (χ3v) is 4.13.